The molecule has 2 bridgehead atoms. The molecule has 5 rings (SSSR count). The number of hydrogen-bond acceptors (Lipinski definition) is 4. The second-order valence-electron chi connectivity index (χ2n) is 8.18. The molecule has 0 unspecified atom stereocenters. The number of allylic oxidation sites excluding steroid dienone is 2. The first-order chi connectivity index (χ1) is 14.5. The van der Waals surface area contributed by atoms with Crippen molar-refractivity contribution in [1.82, 2.24) is 0 Å². The lowest BCUT2D eigenvalue weighted by Gasteiger charge is -2.20. The molecule has 1 saturated heterocycles. The molecule has 2 aliphatic carbocycles. The molecular weight excluding hydrogens is 380 g/mol. The van der Waals surface area contributed by atoms with Crippen LogP contribution in [-0.4, -0.2) is 24.8 Å². The standard InChI is InChI=1S/C24H22N2O4/c1-13-10-14-11-18(13)21-20(14)23(28)26(24(21)29)19-9-4-3-8-17(19)22(27)25-15-6-5-7-16(12-15)30-2/h3-10,12,14,18,20-21H,11H2,1-2H3,(H,25,27)/t14-,18+,20-,21+/m0/s1. The topological polar surface area (TPSA) is 75.7 Å². The Labute approximate surface area is 174 Å². The summed E-state index contributed by atoms with van der Waals surface area (Å²) in [5, 5.41) is 2.84. The lowest BCUT2D eigenvalue weighted by atomic mass is 9.82. The van der Waals surface area contributed by atoms with Gasteiger partial charge in [-0.05, 0) is 49.4 Å². The summed E-state index contributed by atoms with van der Waals surface area (Å²) in [5.41, 5.74) is 2.41. The number of anilines is 2. The van der Waals surface area contributed by atoms with E-state index in [1.807, 2.05) is 6.92 Å². The lowest BCUT2D eigenvalue weighted by Crippen LogP contribution is -2.34. The molecule has 1 heterocycles. The van der Waals surface area contributed by atoms with Gasteiger partial charge in [0.25, 0.3) is 5.91 Å². The van der Waals surface area contributed by atoms with Crippen molar-refractivity contribution in [2.75, 3.05) is 17.3 Å². The predicted molar refractivity (Wildman–Crippen MR) is 112 cm³/mol. The van der Waals surface area contributed by atoms with Gasteiger partial charge in [-0.25, -0.2) is 4.90 Å². The average molecular weight is 402 g/mol. The third-order valence-electron chi connectivity index (χ3n) is 6.60. The summed E-state index contributed by atoms with van der Waals surface area (Å²) in [6.07, 6.45) is 3.02. The molecule has 0 aromatic heterocycles. The number of fused-ring (bicyclic) bond motifs is 5. The zero-order chi connectivity index (χ0) is 21.0. The van der Waals surface area contributed by atoms with Crippen LogP contribution in [-0.2, 0) is 9.59 Å². The van der Waals surface area contributed by atoms with Crippen molar-refractivity contribution in [2.45, 2.75) is 13.3 Å². The van der Waals surface area contributed by atoms with Gasteiger partial charge in [-0.3, -0.25) is 14.4 Å². The molecule has 6 heteroatoms. The third-order valence-corrected chi connectivity index (χ3v) is 6.60. The molecule has 0 spiro atoms. The minimum atomic E-state index is -0.381. The largest absolute Gasteiger partial charge is 0.497 e. The van der Waals surface area contributed by atoms with E-state index in [2.05, 4.69) is 11.4 Å². The van der Waals surface area contributed by atoms with Gasteiger partial charge in [-0.1, -0.05) is 29.8 Å². The summed E-state index contributed by atoms with van der Waals surface area (Å²) in [5.74, 6) is -0.485. The van der Waals surface area contributed by atoms with Gasteiger partial charge in [0.1, 0.15) is 5.75 Å². The van der Waals surface area contributed by atoms with Gasteiger partial charge in [0.15, 0.2) is 0 Å². The van der Waals surface area contributed by atoms with Crippen molar-refractivity contribution >= 4 is 29.1 Å². The van der Waals surface area contributed by atoms with Gasteiger partial charge in [-0.15, -0.1) is 0 Å². The Bertz CT molecular complexity index is 1110. The fraction of sp³-hybridized carbons (Fsp3) is 0.292. The molecule has 0 radical (unpaired) electrons. The molecular formula is C24H22N2O4. The zero-order valence-electron chi connectivity index (χ0n) is 16.8. The average Bonchev–Trinajstić information content (AvgIpc) is 3.38. The van der Waals surface area contributed by atoms with E-state index in [9.17, 15) is 14.4 Å². The molecule has 3 amide bonds. The molecule has 2 aromatic carbocycles. The second-order valence-corrected chi connectivity index (χ2v) is 8.18. The highest BCUT2D eigenvalue weighted by Crippen LogP contribution is 2.56. The van der Waals surface area contributed by atoms with Crippen LogP contribution >= 0.6 is 0 Å². The molecule has 3 aliphatic rings. The normalized spacial score (nSPS) is 26.6. The fourth-order valence-electron chi connectivity index (χ4n) is 5.27. The van der Waals surface area contributed by atoms with Crippen molar-refractivity contribution in [1.29, 1.82) is 0 Å². The van der Waals surface area contributed by atoms with E-state index in [1.165, 1.54) is 10.5 Å². The number of imide groups is 1. The minimum Gasteiger partial charge on any atom is -0.497 e. The van der Waals surface area contributed by atoms with E-state index in [4.69, 9.17) is 4.74 Å². The van der Waals surface area contributed by atoms with Gasteiger partial charge >= 0.3 is 0 Å². The van der Waals surface area contributed by atoms with Crippen LogP contribution in [0.15, 0.2) is 60.2 Å². The third kappa shape index (κ3) is 2.67. The fourth-order valence-corrected chi connectivity index (χ4v) is 5.27. The number of para-hydroxylation sites is 1. The molecule has 2 aromatic rings. The Balaban J connectivity index is 1.46. The summed E-state index contributed by atoms with van der Waals surface area (Å²) in [6.45, 7) is 2.04. The van der Waals surface area contributed by atoms with Crippen molar-refractivity contribution in [3.05, 3.63) is 65.7 Å². The number of nitrogens with one attached hydrogen (secondary N) is 1. The molecule has 1 aliphatic heterocycles. The maximum absolute atomic E-state index is 13.3. The molecule has 4 atom stereocenters. The van der Waals surface area contributed by atoms with Crippen molar-refractivity contribution < 1.29 is 19.1 Å². The van der Waals surface area contributed by atoms with Crippen LogP contribution in [0.25, 0.3) is 0 Å². The number of carbonyl (C=O) groups excluding carboxylic acids is 3. The number of rotatable bonds is 4. The summed E-state index contributed by atoms with van der Waals surface area (Å²) in [4.78, 5) is 40.8. The number of hydrogen-bond donors (Lipinski definition) is 1. The van der Waals surface area contributed by atoms with Gasteiger partial charge < -0.3 is 10.1 Å². The monoisotopic (exact) mass is 402 g/mol. The van der Waals surface area contributed by atoms with Crippen LogP contribution in [0, 0.1) is 23.7 Å². The summed E-state index contributed by atoms with van der Waals surface area (Å²) >= 11 is 0. The van der Waals surface area contributed by atoms with Crippen LogP contribution in [0.5, 0.6) is 5.75 Å². The Morgan fingerprint density at radius 3 is 2.63 bits per heavy atom. The van der Waals surface area contributed by atoms with E-state index in [-0.39, 0.29) is 41.4 Å². The van der Waals surface area contributed by atoms with Crippen LogP contribution in [0.3, 0.4) is 0 Å². The van der Waals surface area contributed by atoms with Crippen molar-refractivity contribution in [3.8, 4) is 5.75 Å². The first-order valence-electron chi connectivity index (χ1n) is 10.1. The van der Waals surface area contributed by atoms with Gasteiger partial charge in [0.2, 0.25) is 11.8 Å². The second kappa shape index (κ2) is 6.83. The molecule has 1 saturated carbocycles. The predicted octanol–water partition coefficient (Wildman–Crippen LogP) is 3.65. The number of methoxy groups -OCH3 is 1. The number of amides is 3. The van der Waals surface area contributed by atoms with Crippen LogP contribution in [0.1, 0.15) is 23.7 Å². The summed E-state index contributed by atoms with van der Waals surface area (Å²) in [7, 11) is 1.56. The maximum atomic E-state index is 13.3. The van der Waals surface area contributed by atoms with E-state index >= 15 is 0 Å². The zero-order valence-corrected chi connectivity index (χ0v) is 16.8. The van der Waals surface area contributed by atoms with Gasteiger partial charge in [-0.2, -0.15) is 0 Å². The molecule has 152 valence electrons. The molecule has 6 nitrogen and oxygen atoms in total. The lowest BCUT2D eigenvalue weighted by molar-refractivity contribution is -0.123. The quantitative estimate of drug-likeness (QED) is 0.626. The molecule has 1 N–H and O–H groups in total. The number of ether oxygens (including phenoxy) is 1. The number of benzene rings is 2. The Morgan fingerprint density at radius 1 is 1.07 bits per heavy atom. The highest BCUT2D eigenvalue weighted by molar-refractivity contribution is 6.25. The van der Waals surface area contributed by atoms with Crippen molar-refractivity contribution in [3.63, 3.8) is 0 Å². The Kier molecular flexibility index (Phi) is 4.24. The Morgan fingerprint density at radius 2 is 1.83 bits per heavy atom. The van der Waals surface area contributed by atoms with E-state index in [1.54, 1.807) is 55.6 Å². The highest BCUT2D eigenvalue weighted by atomic mass is 16.5. The SMILES string of the molecule is COc1cccc(NC(=O)c2ccccc2N2C(=O)[C@@H]3[C@H](C2=O)[C@@H]2C[C@@H]3C=C2C)c1. The summed E-state index contributed by atoms with van der Waals surface area (Å²) < 4.78 is 5.20. The van der Waals surface area contributed by atoms with Gasteiger partial charge in [0.05, 0.1) is 30.2 Å². The molecule has 30 heavy (non-hydrogen) atoms. The van der Waals surface area contributed by atoms with Crippen LogP contribution in [0.4, 0.5) is 11.4 Å². The number of carbonyl (C=O) groups is 3. The van der Waals surface area contributed by atoms with Crippen LogP contribution < -0.4 is 15.0 Å². The highest BCUT2D eigenvalue weighted by Gasteiger charge is 2.61. The van der Waals surface area contributed by atoms with Crippen molar-refractivity contribution in [2.24, 2.45) is 23.7 Å². The first kappa shape index (κ1) is 18.6. The summed E-state index contributed by atoms with van der Waals surface area (Å²) in [6, 6.07) is 13.8. The minimum absolute atomic E-state index is 0.124. The van der Waals surface area contributed by atoms with E-state index in [0.717, 1.165) is 6.42 Å². The van der Waals surface area contributed by atoms with Crippen LogP contribution in [0.2, 0.25) is 0 Å². The maximum Gasteiger partial charge on any atom is 0.257 e. The van der Waals surface area contributed by atoms with E-state index in [0.29, 0.717) is 22.7 Å². The smallest absolute Gasteiger partial charge is 0.257 e. The van der Waals surface area contributed by atoms with E-state index < -0.39 is 0 Å². The number of nitrogens with zero attached hydrogens (tertiary/aromatic N) is 1. The Hall–Kier alpha value is -3.41. The first-order valence-corrected chi connectivity index (χ1v) is 10.1. The van der Waals surface area contributed by atoms with Gasteiger partial charge in [0, 0.05) is 11.8 Å². The molecule has 2 fully saturated rings.